The molecule has 6 aromatic carbocycles. The minimum atomic E-state index is -0.922. The van der Waals surface area contributed by atoms with Crippen LogP contribution in [-0.4, -0.2) is 4.98 Å². The molecular formula is C43H39NP2S. The number of rotatable bonds is 7. The summed E-state index contributed by atoms with van der Waals surface area (Å²) in [6, 6.07) is 47.5. The molecule has 0 aliphatic carbocycles. The molecule has 0 amide bonds. The van der Waals surface area contributed by atoms with Crippen molar-refractivity contribution in [2.75, 3.05) is 0 Å². The second kappa shape index (κ2) is 13.3. The van der Waals surface area contributed by atoms with Crippen LogP contribution < -0.4 is 31.8 Å². The lowest BCUT2D eigenvalue weighted by atomic mass is 10.1. The van der Waals surface area contributed by atoms with Gasteiger partial charge < -0.3 is 0 Å². The Bertz CT molecular complexity index is 2100. The zero-order chi connectivity index (χ0) is 32.7. The molecule has 47 heavy (non-hydrogen) atoms. The maximum absolute atomic E-state index is 5.16. The lowest BCUT2D eigenvalue weighted by Crippen LogP contribution is -2.37. The van der Waals surface area contributed by atoms with Gasteiger partial charge >= 0.3 is 0 Å². The van der Waals surface area contributed by atoms with Crippen molar-refractivity contribution in [1.82, 2.24) is 4.98 Å². The third-order valence-corrected chi connectivity index (χ3v) is 15.7. The van der Waals surface area contributed by atoms with Crippen LogP contribution in [0, 0.1) is 41.5 Å². The SMILES string of the molecule is Cc1cc(C)c(P(c2ccccc2P(c2ccccc2)c2ccccc2-c2nc3ccccc3s2)c2c(C)cc(C)cc2C)c(C)c1. The quantitative estimate of drug-likeness (QED) is 0.155. The number of hydrogen-bond donors (Lipinski definition) is 0. The number of fused-ring (bicyclic) bond motifs is 1. The van der Waals surface area contributed by atoms with E-state index in [9.17, 15) is 0 Å². The van der Waals surface area contributed by atoms with Gasteiger partial charge in [-0.25, -0.2) is 4.98 Å². The first-order chi connectivity index (χ1) is 22.8. The van der Waals surface area contributed by atoms with Gasteiger partial charge in [0.2, 0.25) is 0 Å². The standard InChI is InChI=1S/C43H39NP2S/c1-28-24-30(3)41(31(4)25-28)46(42-32(5)26-29(2)27-33(42)6)39-22-14-13-21-38(39)45(34-16-8-7-9-17-34)37-20-12-10-18-35(37)43-44-36-19-11-15-23-40(36)47-43/h7-27H,1-6H3. The number of hydrogen-bond acceptors (Lipinski definition) is 2. The molecule has 4 heteroatoms. The summed E-state index contributed by atoms with van der Waals surface area (Å²) in [7, 11) is -1.79. The molecule has 1 unspecified atom stereocenters. The van der Waals surface area contributed by atoms with E-state index in [4.69, 9.17) is 4.98 Å². The van der Waals surface area contributed by atoms with Crippen LogP contribution >= 0.6 is 27.2 Å². The van der Waals surface area contributed by atoms with Crippen LogP contribution in [0.3, 0.4) is 0 Å². The highest BCUT2D eigenvalue weighted by atomic mass is 32.1. The van der Waals surface area contributed by atoms with Crippen LogP contribution in [0.5, 0.6) is 0 Å². The van der Waals surface area contributed by atoms with Gasteiger partial charge in [0.1, 0.15) is 5.01 Å². The van der Waals surface area contributed by atoms with Gasteiger partial charge in [-0.15, -0.1) is 11.3 Å². The second-order valence-corrected chi connectivity index (χ2v) is 17.7. The van der Waals surface area contributed by atoms with Gasteiger partial charge in [0, 0.05) is 5.56 Å². The Hall–Kier alpha value is -3.93. The summed E-state index contributed by atoms with van der Waals surface area (Å²) in [4.78, 5) is 5.16. The summed E-state index contributed by atoms with van der Waals surface area (Å²) in [6.45, 7) is 13.7. The smallest absolute Gasteiger partial charge is 0.125 e. The molecule has 0 radical (unpaired) electrons. The van der Waals surface area contributed by atoms with Crippen molar-refractivity contribution in [3.05, 3.63) is 161 Å². The number of nitrogens with zero attached hydrogens (tertiary/aromatic N) is 1. The number of aryl methyl sites for hydroxylation is 6. The Morgan fingerprint density at radius 2 is 0.936 bits per heavy atom. The van der Waals surface area contributed by atoms with Gasteiger partial charge in [-0.05, 0) is 124 Å². The van der Waals surface area contributed by atoms with Crippen molar-refractivity contribution >= 4 is 69.2 Å². The van der Waals surface area contributed by atoms with Gasteiger partial charge in [-0.1, -0.05) is 126 Å². The highest BCUT2D eigenvalue weighted by Crippen LogP contribution is 2.44. The van der Waals surface area contributed by atoms with Crippen LogP contribution in [0.15, 0.2) is 127 Å². The molecule has 0 fully saturated rings. The molecule has 1 atom stereocenters. The largest absolute Gasteiger partial charge is 0.236 e. The Kier molecular flexibility index (Phi) is 8.95. The Labute approximate surface area is 285 Å². The lowest BCUT2D eigenvalue weighted by molar-refractivity contribution is 1.35. The minimum absolute atomic E-state index is 0.865. The number of para-hydroxylation sites is 1. The molecule has 0 spiro atoms. The van der Waals surface area contributed by atoms with E-state index in [0.29, 0.717) is 0 Å². The normalized spacial score (nSPS) is 12.1. The fraction of sp³-hybridized carbons (Fsp3) is 0.140. The first kappa shape index (κ1) is 31.7. The molecule has 0 aliphatic rings. The maximum atomic E-state index is 5.16. The number of aromatic nitrogens is 1. The molecule has 1 aromatic heterocycles. The van der Waals surface area contributed by atoms with E-state index in [1.54, 1.807) is 11.3 Å². The molecule has 1 heterocycles. The first-order valence-corrected chi connectivity index (χ1v) is 19.6. The van der Waals surface area contributed by atoms with E-state index >= 15 is 0 Å². The molecule has 0 saturated carbocycles. The summed E-state index contributed by atoms with van der Waals surface area (Å²) >= 11 is 1.79. The van der Waals surface area contributed by atoms with Crippen LogP contribution in [0.1, 0.15) is 33.4 Å². The van der Waals surface area contributed by atoms with Gasteiger partial charge in [-0.3, -0.25) is 0 Å². The average molecular weight is 664 g/mol. The monoisotopic (exact) mass is 663 g/mol. The molecule has 0 saturated heterocycles. The zero-order valence-electron chi connectivity index (χ0n) is 27.9. The first-order valence-electron chi connectivity index (χ1n) is 16.1. The predicted octanol–water partition coefficient (Wildman–Crippen LogP) is 9.33. The van der Waals surface area contributed by atoms with Crippen molar-refractivity contribution in [2.24, 2.45) is 0 Å². The van der Waals surface area contributed by atoms with E-state index in [2.05, 4.69) is 169 Å². The van der Waals surface area contributed by atoms with Crippen LogP contribution in [-0.2, 0) is 0 Å². The fourth-order valence-electron chi connectivity index (χ4n) is 7.07. The van der Waals surface area contributed by atoms with Crippen LogP contribution in [0.4, 0.5) is 0 Å². The summed E-state index contributed by atoms with van der Waals surface area (Å²) in [5.74, 6) is 0. The predicted molar refractivity (Wildman–Crippen MR) is 211 cm³/mol. The summed E-state index contributed by atoms with van der Waals surface area (Å²) in [5.41, 5.74) is 10.4. The Balaban J connectivity index is 1.53. The fourth-order valence-corrected chi connectivity index (χ4v) is 14.1. The third kappa shape index (κ3) is 6.12. The summed E-state index contributed by atoms with van der Waals surface area (Å²) in [6.07, 6.45) is 0. The van der Waals surface area contributed by atoms with Crippen molar-refractivity contribution in [2.45, 2.75) is 41.5 Å². The molecule has 232 valence electrons. The van der Waals surface area contributed by atoms with Crippen molar-refractivity contribution in [3.63, 3.8) is 0 Å². The Morgan fingerprint density at radius 1 is 0.468 bits per heavy atom. The third-order valence-electron chi connectivity index (χ3n) is 8.77. The van der Waals surface area contributed by atoms with Crippen molar-refractivity contribution < 1.29 is 0 Å². The number of thiazole rings is 1. The Morgan fingerprint density at radius 3 is 1.51 bits per heavy atom. The van der Waals surface area contributed by atoms with Gasteiger partial charge in [0.15, 0.2) is 0 Å². The van der Waals surface area contributed by atoms with E-state index in [1.807, 2.05) is 0 Å². The van der Waals surface area contributed by atoms with E-state index < -0.39 is 15.8 Å². The summed E-state index contributed by atoms with van der Waals surface area (Å²) in [5, 5.41) is 9.62. The average Bonchev–Trinajstić information content (AvgIpc) is 3.49. The molecule has 1 nitrogen and oxygen atoms in total. The lowest BCUT2D eigenvalue weighted by Gasteiger charge is -2.31. The van der Waals surface area contributed by atoms with Crippen molar-refractivity contribution in [3.8, 4) is 10.6 Å². The number of benzene rings is 6. The van der Waals surface area contributed by atoms with E-state index in [-0.39, 0.29) is 0 Å². The maximum Gasteiger partial charge on any atom is 0.125 e. The highest BCUT2D eigenvalue weighted by Gasteiger charge is 2.30. The molecule has 0 N–H and O–H groups in total. The van der Waals surface area contributed by atoms with Crippen LogP contribution in [0.25, 0.3) is 20.8 Å². The van der Waals surface area contributed by atoms with Crippen LogP contribution in [0.2, 0.25) is 0 Å². The van der Waals surface area contributed by atoms with Crippen molar-refractivity contribution in [1.29, 1.82) is 0 Å². The molecule has 0 aliphatic heterocycles. The van der Waals surface area contributed by atoms with Gasteiger partial charge in [-0.2, -0.15) is 0 Å². The summed E-state index contributed by atoms with van der Waals surface area (Å²) < 4.78 is 1.22. The second-order valence-electron chi connectivity index (χ2n) is 12.5. The zero-order valence-corrected chi connectivity index (χ0v) is 30.5. The molecule has 7 rings (SSSR count). The van der Waals surface area contributed by atoms with Gasteiger partial charge in [0.05, 0.1) is 10.2 Å². The van der Waals surface area contributed by atoms with E-state index in [0.717, 1.165) is 10.5 Å². The molecule has 7 aromatic rings. The molecule has 0 bridgehead atoms. The van der Waals surface area contributed by atoms with Gasteiger partial charge in [0.25, 0.3) is 0 Å². The molecular weight excluding hydrogens is 624 g/mol. The highest BCUT2D eigenvalue weighted by molar-refractivity contribution is 7.85. The topological polar surface area (TPSA) is 12.9 Å². The minimum Gasteiger partial charge on any atom is -0.236 e. The van der Waals surface area contributed by atoms with E-state index in [1.165, 1.54) is 75.5 Å².